The van der Waals surface area contributed by atoms with Crippen LogP contribution in [-0.2, 0) is 22.5 Å². The van der Waals surface area contributed by atoms with Crippen molar-refractivity contribution in [1.82, 2.24) is 0 Å². The highest BCUT2D eigenvalue weighted by Crippen LogP contribution is 2.65. The first-order valence-electron chi connectivity index (χ1n) is 3.42. The Morgan fingerprint density at radius 1 is 1.40 bits per heavy atom. The zero-order valence-corrected chi connectivity index (χ0v) is 10.7. The molecule has 0 heterocycles. The van der Waals surface area contributed by atoms with E-state index in [1.807, 2.05) is 0 Å². The third-order valence-electron chi connectivity index (χ3n) is 1.10. The molecule has 0 aromatic carbocycles. The second-order valence-corrected chi connectivity index (χ2v) is 9.30. The largest absolute Gasteiger partial charge is 0.354 e. The van der Waals surface area contributed by atoms with Gasteiger partial charge in [0.05, 0.1) is 0 Å². The van der Waals surface area contributed by atoms with Crippen LogP contribution in [-0.4, -0.2) is 32.1 Å². The van der Waals surface area contributed by atoms with Crippen molar-refractivity contribution in [3.8, 4) is 0 Å². The van der Waals surface area contributed by atoms with E-state index < -0.39 is 28.3 Å². The lowest BCUT2D eigenvalue weighted by Gasteiger charge is -2.17. The molecule has 0 saturated heterocycles. The van der Waals surface area contributed by atoms with Gasteiger partial charge in [-0.15, -0.1) is 4.91 Å². The van der Waals surface area contributed by atoms with Crippen LogP contribution in [0.15, 0.2) is 4.95 Å². The zero-order valence-electron chi connectivity index (χ0n) is 7.97. The topological polar surface area (TPSA) is 119 Å². The molecule has 3 unspecified atom stereocenters. The quantitative estimate of drug-likeness (QED) is 0.445. The van der Waals surface area contributed by atoms with E-state index >= 15 is 0 Å². The molecule has 8 nitrogen and oxygen atoms in total. The lowest BCUT2D eigenvalue weighted by molar-refractivity contribution is 0.319. The molecule has 0 aliphatic carbocycles. The molecule has 0 aliphatic heterocycles. The van der Waals surface area contributed by atoms with Gasteiger partial charge in [-0.2, -0.15) is 0 Å². The monoisotopic (exact) mass is 275 g/mol. The Balaban J connectivity index is 4.73. The van der Waals surface area contributed by atoms with E-state index in [1.165, 1.54) is 0 Å². The first kappa shape index (κ1) is 15.2. The minimum Gasteiger partial charge on any atom is -0.324 e. The van der Waals surface area contributed by atoms with Gasteiger partial charge < -0.3 is 14.0 Å². The van der Waals surface area contributed by atoms with Crippen molar-refractivity contribution in [1.29, 1.82) is 0 Å². The first-order chi connectivity index (χ1) is 6.54. The molecule has 0 rings (SSSR count). The second kappa shape index (κ2) is 5.04. The van der Waals surface area contributed by atoms with Crippen molar-refractivity contribution in [2.24, 2.45) is 4.95 Å². The Morgan fingerprint density at radius 3 is 2.20 bits per heavy atom. The summed E-state index contributed by atoms with van der Waals surface area (Å²) in [5, 5.41) is 0. The van der Waals surface area contributed by atoms with Crippen LogP contribution in [0.3, 0.4) is 0 Å². The molecule has 3 atom stereocenters. The molecule has 0 spiro atoms. The zero-order chi connectivity index (χ0) is 12.3. The van der Waals surface area contributed by atoms with E-state index in [0.29, 0.717) is 0 Å². The molecule has 0 amide bonds. The summed E-state index contributed by atoms with van der Waals surface area (Å²) in [6.07, 6.45) is 0. The smallest absolute Gasteiger partial charge is 0.324 e. The molecule has 86 valence electrons. The molecule has 0 aromatic rings. The maximum atomic E-state index is 11.3. The highest BCUT2D eigenvalue weighted by Gasteiger charge is 2.35. The number of hydrogen-bond acceptors (Lipinski definition) is 6. The summed E-state index contributed by atoms with van der Waals surface area (Å²) in [4.78, 5) is 21.0. The predicted octanol–water partition coefficient (Wildman–Crippen LogP) is 1.74. The summed E-state index contributed by atoms with van der Waals surface area (Å²) in [6.45, 7) is 0.786. The standard InChI is InChI=1S/C3H9BNO7P3/c1-11-15(9,10)3-14(4,8)12-13(2,7)5-6/h3H2,1-2H3,(H,9,10). The SMILES string of the molecule is [B]P(=O)(CP(=O)(O)OC)OP(C)(=O)N=O. The van der Waals surface area contributed by atoms with Gasteiger partial charge in [0.15, 0.2) is 7.25 Å². The van der Waals surface area contributed by atoms with Gasteiger partial charge in [0.25, 0.3) is 0 Å². The average molecular weight is 275 g/mol. The Labute approximate surface area is 87.6 Å². The minimum atomic E-state index is -4.17. The van der Waals surface area contributed by atoms with E-state index in [4.69, 9.17) is 12.5 Å². The fourth-order valence-corrected chi connectivity index (χ4v) is 5.90. The molecule has 0 bridgehead atoms. The van der Waals surface area contributed by atoms with Crippen LogP contribution >= 0.6 is 22.4 Å². The average Bonchev–Trinajstić information content (AvgIpc) is 2.00. The van der Waals surface area contributed by atoms with Crippen molar-refractivity contribution in [2.45, 2.75) is 0 Å². The fourth-order valence-electron chi connectivity index (χ4n) is 0.604. The van der Waals surface area contributed by atoms with E-state index in [-0.39, 0.29) is 0 Å². The number of nitrogens with zero attached hydrogens (tertiary/aromatic N) is 1. The van der Waals surface area contributed by atoms with Crippen LogP contribution in [0.4, 0.5) is 0 Å². The summed E-state index contributed by atoms with van der Waals surface area (Å²) >= 11 is 0. The van der Waals surface area contributed by atoms with Gasteiger partial charge in [0.1, 0.15) is 5.90 Å². The molecule has 0 saturated carbocycles. The maximum Gasteiger partial charge on any atom is 0.354 e. The molecular weight excluding hydrogens is 266 g/mol. The molecule has 1 N–H and O–H groups in total. The van der Waals surface area contributed by atoms with E-state index in [2.05, 4.69) is 13.8 Å². The van der Waals surface area contributed by atoms with Crippen molar-refractivity contribution in [2.75, 3.05) is 19.7 Å². The fraction of sp³-hybridized carbons (Fsp3) is 1.00. The highest BCUT2D eigenvalue weighted by atomic mass is 31.3. The van der Waals surface area contributed by atoms with E-state index in [9.17, 15) is 18.6 Å². The van der Waals surface area contributed by atoms with Crippen LogP contribution in [0.2, 0.25) is 0 Å². The van der Waals surface area contributed by atoms with Crippen molar-refractivity contribution in [3.63, 3.8) is 0 Å². The number of hydrogen-bond donors (Lipinski definition) is 1. The molecule has 0 aromatic heterocycles. The molecule has 2 radical (unpaired) electrons. The Hall–Kier alpha value is 0.235. The van der Waals surface area contributed by atoms with Crippen LogP contribution in [0.1, 0.15) is 0 Å². The summed E-state index contributed by atoms with van der Waals surface area (Å²) in [5.74, 6) is -1.04. The molecular formula is C3H9BNO7P3. The third-order valence-corrected chi connectivity index (χ3v) is 7.29. The number of rotatable bonds is 6. The Kier molecular flexibility index (Phi) is 5.12. The summed E-state index contributed by atoms with van der Waals surface area (Å²) in [7, 11) is -6.43. The lowest BCUT2D eigenvalue weighted by Crippen LogP contribution is -1.96. The molecule has 0 fully saturated rings. The van der Waals surface area contributed by atoms with E-state index in [0.717, 1.165) is 13.8 Å². The van der Waals surface area contributed by atoms with Crippen molar-refractivity contribution < 1.29 is 27.4 Å². The van der Waals surface area contributed by atoms with Gasteiger partial charge in [-0.1, -0.05) is 0 Å². The molecule has 0 aliphatic rings. The highest BCUT2D eigenvalue weighted by molar-refractivity contribution is 7.93. The van der Waals surface area contributed by atoms with Crippen LogP contribution in [0.5, 0.6) is 0 Å². The number of nitroso groups, excluding NO2 is 1. The summed E-state index contributed by atoms with van der Waals surface area (Å²) < 4.78 is 41.6. The summed E-state index contributed by atoms with van der Waals surface area (Å²) in [6, 6.07) is 0. The van der Waals surface area contributed by atoms with Gasteiger partial charge in [-0.3, -0.25) is 13.4 Å². The Bertz CT molecular complexity index is 382. The Morgan fingerprint density at radius 2 is 1.87 bits per heavy atom. The van der Waals surface area contributed by atoms with Crippen molar-refractivity contribution >= 4 is 29.9 Å². The van der Waals surface area contributed by atoms with Gasteiger partial charge in [0, 0.05) is 18.7 Å². The van der Waals surface area contributed by atoms with Crippen molar-refractivity contribution in [3.05, 3.63) is 4.91 Å². The van der Waals surface area contributed by atoms with Crippen LogP contribution < -0.4 is 0 Å². The minimum absolute atomic E-state index is 0.786. The normalized spacial score (nSPS) is 23.4. The summed E-state index contributed by atoms with van der Waals surface area (Å²) in [5.41, 5.74) is 0. The second-order valence-electron chi connectivity index (χ2n) is 2.65. The molecule has 12 heteroatoms. The van der Waals surface area contributed by atoms with Gasteiger partial charge in [-0.25, -0.2) is 0 Å². The van der Waals surface area contributed by atoms with Gasteiger partial charge >= 0.3 is 15.1 Å². The lowest BCUT2D eigenvalue weighted by atomic mass is 10.8. The maximum absolute atomic E-state index is 11.3. The van der Waals surface area contributed by atoms with Gasteiger partial charge in [0.2, 0.25) is 7.57 Å². The van der Waals surface area contributed by atoms with Crippen LogP contribution in [0, 0.1) is 4.91 Å². The van der Waals surface area contributed by atoms with E-state index in [1.54, 1.807) is 0 Å². The predicted molar refractivity (Wildman–Crippen MR) is 55.5 cm³/mol. The van der Waals surface area contributed by atoms with Crippen LogP contribution in [0.25, 0.3) is 0 Å². The van der Waals surface area contributed by atoms with Gasteiger partial charge in [-0.05, 0) is 0 Å². The third kappa shape index (κ3) is 6.41. The first-order valence-corrected chi connectivity index (χ1v) is 9.09. The molecule has 15 heavy (non-hydrogen) atoms.